The first-order valence-electron chi connectivity index (χ1n) is 9.24. The van der Waals surface area contributed by atoms with Crippen molar-refractivity contribution in [1.82, 2.24) is 0 Å². The molecular formula is C23H20ClNO6. The van der Waals surface area contributed by atoms with E-state index in [2.05, 4.69) is 0 Å². The van der Waals surface area contributed by atoms with E-state index in [1.807, 2.05) is 0 Å². The molecule has 0 N–H and O–H groups in total. The van der Waals surface area contributed by atoms with Gasteiger partial charge >= 0.3 is 17.9 Å². The van der Waals surface area contributed by atoms with E-state index in [1.165, 1.54) is 26.2 Å². The Morgan fingerprint density at radius 1 is 0.806 bits per heavy atom. The zero-order valence-corrected chi connectivity index (χ0v) is 17.9. The molecule has 0 amide bonds. The van der Waals surface area contributed by atoms with Crippen LogP contribution >= 0.6 is 11.6 Å². The molecule has 1 unspecified atom stereocenters. The number of methoxy groups -OCH3 is 3. The molecule has 2 aromatic rings. The summed E-state index contributed by atoms with van der Waals surface area (Å²) < 4.78 is 14.9. The second-order valence-corrected chi connectivity index (χ2v) is 6.93. The van der Waals surface area contributed by atoms with Crippen molar-refractivity contribution in [3.63, 3.8) is 0 Å². The Balaban J connectivity index is 2.36. The summed E-state index contributed by atoms with van der Waals surface area (Å²) in [7, 11) is 3.65. The molecule has 0 saturated heterocycles. The Bertz CT molecular complexity index is 1060. The lowest BCUT2D eigenvalue weighted by molar-refractivity contribution is -0.140. The number of ether oxygens (including phenoxy) is 3. The molecule has 1 heterocycles. The molecule has 0 radical (unpaired) electrons. The van der Waals surface area contributed by atoms with Crippen LogP contribution in [0, 0.1) is 0 Å². The van der Waals surface area contributed by atoms with E-state index < -0.39 is 23.8 Å². The van der Waals surface area contributed by atoms with Gasteiger partial charge in [-0.15, -0.1) is 0 Å². The van der Waals surface area contributed by atoms with E-state index in [9.17, 15) is 14.4 Å². The fourth-order valence-corrected chi connectivity index (χ4v) is 3.50. The van der Waals surface area contributed by atoms with Crippen LogP contribution in [0.15, 0.2) is 77.6 Å². The van der Waals surface area contributed by atoms with E-state index in [4.69, 9.17) is 25.8 Å². The number of benzene rings is 2. The molecule has 3 rings (SSSR count). The fraction of sp³-hybridized carbons (Fsp3) is 0.174. The highest BCUT2D eigenvalue weighted by Gasteiger charge is 2.41. The zero-order chi connectivity index (χ0) is 22.5. The van der Waals surface area contributed by atoms with Crippen LogP contribution in [-0.4, -0.2) is 39.2 Å². The number of hydrogen-bond acceptors (Lipinski definition) is 7. The van der Waals surface area contributed by atoms with E-state index in [-0.39, 0.29) is 17.0 Å². The van der Waals surface area contributed by atoms with Gasteiger partial charge in [-0.25, -0.2) is 14.4 Å². The maximum absolute atomic E-state index is 12.9. The number of para-hydroxylation sites is 1. The average Bonchev–Trinajstić information content (AvgIpc) is 2.82. The van der Waals surface area contributed by atoms with Crippen LogP contribution < -0.4 is 4.90 Å². The molecule has 0 aliphatic carbocycles. The fourth-order valence-electron chi connectivity index (χ4n) is 3.38. The van der Waals surface area contributed by atoms with Crippen LogP contribution in [0.4, 0.5) is 5.69 Å². The molecule has 0 aromatic heterocycles. The second kappa shape index (κ2) is 9.49. The number of anilines is 1. The Morgan fingerprint density at radius 3 is 1.94 bits per heavy atom. The highest BCUT2D eigenvalue weighted by atomic mass is 35.5. The molecule has 1 atom stereocenters. The van der Waals surface area contributed by atoms with Gasteiger partial charge in [0.1, 0.15) is 11.4 Å². The second-order valence-electron chi connectivity index (χ2n) is 6.49. The molecule has 8 heteroatoms. The first-order chi connectivity index (χ1) is 14.9. The average molecular weight is 442 g/mol. The number of halogens is 1. The molecule has 7 nitrogen and oxygen atoms in total. The molecule has 160 valence electrons. The van der Waals surface area contributed by atoms with Crippen LogP contribution in [0.25, 0.3) is 0 Å². The minimum Gasteiger partial charge on any atom is -0.466 e. The van der Waals surface area contributed by atoms with Crippen molar-refractivity contribution in [2.45, 2.75) is 5.92 Å². The van der Waals surface area contributed by atoms with Gasteiger partial charge in [-0.2, -0.15) is 0 Å². The first-order valence-corrected chi connectivity index (χ1v) is 9.62. The van der Waals surface area contributed by atoms with Crippen molar-refractivity contribution >= 4 is 35.2 Å². The first kappa shape index (κ1) is 22.1. The number of carbonyl (C=O) groups excluding carboxylic acids is 3. The van der Waals surface area contributed by atoms with Gasteiger partial charge in [0, 0.05) is 16.6 Å². The lowest BCUT2D eigenvalue weighted by Gasteiger charge is -2.34. The zero-order valence-electron chi connectivity index (χ0n) is 17.1. The summed E-state index contributed by atoms with van der Waals surface area (Å²) in [6, 6.07) is 15.4. The quantitative estimate of drug-likeness (QED) is 0.518. The van der Waals surface area contributed by atoms with Gasteiger partial charge in [0.05, 0.1) is 26.9 Å². The van der Waals surface area contributed by atoms with Crippen molar-refractivity contribution < 1.29 is 28.6 Å². The molecule has 0 fully saturated rings. The van der Waals surface area contributed by atoms with Crippen molar-refractivity contribution in [3.8, 4) is 0 Å². The molecule has 0 bridgehead atoms. The molecule has 0 spiro atoms. The summed E-state index contributed by atoms with van der Waals surface area (Å²) in [5.74, 6) is -3.01. The summed E-state index contributed by atoms with van der Waals surface area (Å²) in [5, 5.41) is 0.499. The predicted molar refractivity (Wildman–Crippen MR) is 114 cm³/mol. The summed E-state index contributed by atoms with van der Waals surface area (Å²) in [6.07, 6.45) is 1.56. The number of esters is 3. The highest BCUT2D eigenvalue weighted by molar-refractivity contribution is 6.30. The van der Waals surface area contributed by atoms with Gasteiger partial charge in [-0.1, -0.05) is 41.9 Å². The van der Waals surface area contributed by atoms with Crippen LogP contribution in [0.5, 0.6) is 0 Å². The van der Waals surface area contributed by atoms with Crippen LogP contribution in [0.3, 0.4) is 0 Å². The maximum Gasteiger partial charge on any atom is 0.355 e. The van der Waals surface area contributed by atoms with Gasteiger partial charge in [-0.05, 0) is 35.9 Å². The summed E-state index contributed by atoms with van der Waals surface area (Å²) in [4.78, 5) is 39.9. The van der Waals surface area contributed by atoms with Gasteiger partial charge in [0.25, 0.3) is 0 Å². The maximum atomic E-state index is 12.9. The lowest BCUT2D eigenvalue weighted by Crippen LogP contribution is -2.38. The van der Waals surface area contributed by atoms with Crippen LogP contribution in [0.2, 0.25) is 5.02 Å². The van der Waals surface area contributed by atoms with E-state index >= 15 is 0 Å². The largest absolute Gasteiger partial charge is 0.466 e. The Labute approximate surface area is 184 Å². The SMILES string of the molecule is COC(=O)C1=CC(c2ccc(Cl)cc2)C(C(=O)OC)=C(C(=O)OC)N1c1ccccc1. The molecular weight excluding hydrogens is 422 g/mol. The number of nitrogens with zero attached hydrogens (tertiary/aromatic N) is 1. The topological polar surface area (TPSA) is 82.1 Å². The smallest absolute Gasteiger partial charge is 0.355 e. The van der Waals surface area contributed by atoms with E-state index in [1.54, 1.807) is 60.7 Å². The number of carbonyl (C=O) groups is 3. The van der Waals surface area contributed by atoms with Gasteiger partial charge in [0.15, 0.2) is 0 Å². The third kappa shape index (κ3) is 4.32. The summed E-state index contributed by atoms with van der Waals surface area (Å²) in [5.41, 5.74) is 1.04. The predicted octanol–water partition coefficient (Wildman–Crippen LogP) is 3.60. The molecule has 1 aliphatic heterocycles. The van der Waals surface area contributed by atoms with Gasteiger partial charge in [-0.3, -0.25) is 4.90 Å². The third-order valence-corrected chi connectivity index (χ3v) is 5.03. The molecule has 0 saturated carbocycles. The van der Waals surface area contributed by atoms with Crippen molar-refractivity contribution in [2.24, 2.45) is 0 Å². The number of rotatable bonds is 5. The van der Waals surface area contributed by atoms with Gasteiger partial charge in [0.2, 0.25) is 0 Å². The van der Waals surface area contributed by atoms with Crippen molar-refractivity contribution in [3.05, 3.63) is 88.2 Å². The summed E-state index contributed by atoms with van der Waals surface area (Å²) in [6.45, 7) is 0. The third-order valence-electron chi connectivity index (χ3n) is 4.78. The molecule has 2 aromatic carbocycles. The van der Waals surface area contributed by atoms with E-state index in [0.717, 1.165) is 0 Å². The standard InChI is InChI=1S/C23H20ClNO6/c1-29-21(26)18-13-17(14-9-11-15(24)12-10-14)19(22(27)30-2)20(23(28)31-3)25(18)16-7-5-4-6-8-16/h4-13,17H,1-3H3. The molecule has 1 aliphatic rings. The summed E-state index contributed by atoms with van der Waals surface area (Å²) >= 11 is 6.01. The van der Waals surface area contributed by atoms with Crippen LogP contribution in [-0.2, 0) is 28.6 Å². The lowest BCUT2D eigenvalue weighted by atomic mass is 9.85. The minimum atomic E-state index is -0.808. The highest BCUT2D eigenvalue weighted by Crippen LogP contribution is 2.40. The number of allylic oxidation sites excluding steroid dienone is 1. The normalized spacial score (nSPS) is 15.8. The minimum absolute atomic E-state index is 0.0215. The monoisotopic (exact) mass is 441 g/mol. The Morgan fingerprint density at radius 2 is 1.39 bits per heavy atom. The Kier molecular flexibility index (Phi) is 6.77. The van der Waals surface area contributed by atoms with E-state index in [0.29, 0.717) is 16.3 Å². The van der Waals surface area contributed by atoms with Crippen LogP contribution in [0.1, 0.15) is 11.5 Å². The van der Waals surface area contributed by atoms with Crippen molar-refractivity contribution in [1.29, 1.82) is 0 Å². The number of hydrogen-bond donors (Lipinski definition) is 0. The van der Waals surface area contributed by atoms with Crippen molar-refractivity contribution in [2.75, 3.05) is 26.2 Å². The Hall–Kier alpha value is -3.58. The molecule has 31 heavy (non-hydrogen) atoms. The van der Waals surface area contributed by atoms with Gasteiger partial charge < -0.3 is 14.2 Å².